The fourth-order valence-corrected chi connectivity index (χ4v) is 3.29. The number of hydrogen-bond donors (Lipinski definition) is 1. The van der Waals surface area contributed by atoms with E-state index in [-0.39, 0.29) is 5.41 Å². The number of benzene rings is 2. The molecule has 1 nitrogen and oxygen atoms in total. The highest BCUT2D eigenvalue weighted by Crippen LogP contribution is 2.49. The van der Waals surface area contributed by atoms with Gasteiger partial charge >= 0.3 is 0 Å². The summed E-state index contributed by atoms with van der Waals surface area (Å²) in [5.74, 6) is 0. The van der Waals surface area contributed by atoms with E-state index in [0.29, 0.717) is 6.04 Å². The topological polar surface area (TPSA) is 12.0 Å². The molecule has 0 aliphatic carbocycles. The highest BCUT2D eigenvalue weighted by atomic mass is 15.0. The summed E-state index contributed by atoms with van der Waals surface area (Å²) in [6, 6.07) is 15.7. The molecule has 0 fully saturated rings. The van der Waals surface area contributed by atoms with E-state index in [2.05, 4.69) is 75.5 Å². The molecule has 1 atom stereocenters. The fourth-order valence-electron chi connectivity index (χ4n) is 3.29. The van der Waals surface area contributed by atoms with Crippen LogP contribution in [0.3, 0.4) is 0 Å². The van der Waals surface area contributed by atoms with Gasteiger partial charge in [0.25, 0.3) is 0 Å². The van der Waals surface area contributed by atoms with Crippen LogP contribution in [-0.2, 0) is 5.41 Å². The monoisotopic (exact) mass is 251 g/mol. The van der Waals surface area contributed by atoms with Crippen molar-refractivity contribution < 1.29 is 0 Å². The molecule has 1 N–H and O–H groups in total. The Morgan fingerprint density at radius 1 is 1.00 bits per heavy atom. The first-order valence-electron chi connectivity index (χ1n) is 6.93. The van der Waals surface area contributed by atoms with E-state index in [1.165, 1.54) is 27.9 Å². The van der Waals surface area contributed by atoms with Gasteiger partial charge in [-0.05, 0) is 30.5 Å². The van der Waals surface area contributed by atoms with Crippen LogP contribution in [0.2, 0.25) is 0 Å². The summed E-state index contributed by atoms with van der Waals surface area (Å²) in [7, 11) is 0. The number of aryl methyl sites for hydroxylation is 2. The van der Waals surface area contributed by atoms with Gasteiger partial charge in [0, 0.05) is 11.1 Å². The zero-order valence-electron chi connectivity index (χ0n) is 12.1. The molecule has 0 unspecified atom stereocenters. The number of fused-ring (bicyclic) bond motifs is 1. The van der Waals surface area contributed by atoms with Crippen molar-refractivity contribution in [3.8, 4) is 0 Å². The maximum Gasteiger partial charge on any atom is 0.0606 e. The Bertz CT molecular complexity index is 611. The van der Waals surface area contributed by atoms with Gasteiger partial charge in [0.2, 0.25) is 0 Å². The lowest BCUT2D eigenvalue weighted by Crippen LogP contribution is -2.25. The van der Waals surface area contributed by atoms with Crippen molar-refractivity contribution in [3.05, 3.63) is 64.7 Å². The van der Waals surface area contributed by atoms with Gasteiger partial charge in [-0.3, -0.25) is 0 Å². The van der Waals surface area contributed by atoms with Gasteiger partial charge in [0.15, 0.2) is 0 Å². The van der Waals surface area contributed by atoms with Crippen molar-refractivity contribution in [2.45, 2.75) is 39.2 Å². The minimum Gasteiger partial charge on any atom is -0.377 e. The van der Waals surface area contributed by atoms with Crippen LogP contribution < -0.4 is 5.32 Å². The second-order valence-corrected chi connectivity index (χ2v) is 6.21. The van der Waals surface area contributed by atoms with Crippen molar-refractivity contribution in [2.24, 2.45) is 0 Å². The summed E-state index contributed by atoms with van der Waals surface area (Å²) in [5, 5.41) is 3.74. The van der Waals surface area contributed by atoms with Crippen LogP contribution in [0.4, 0.5) is 5.69 Å². The third-order valence-corrected chi connectivity index (χ3v) is 4.32. The molecule has 0 bridgehead atoms. The van der Waals surface area contributed by atoms with Gasteiger partial charge in [0.05, 0.1) is 6.04 Å². The molecule has 0 amide bonds. The molecule has 1 heterocycles. The maximum atomic E-state index is 3.74. The van der Waals surface area contributed by atoms with E-state index in [4.69, 9.17) is 0 Å². The summed E-state index contributed by atoms with van der Waals surface area (Å²) in [4.78, 5) is 0. The molecular weight excluding hydrogens is 230 g/mol. The molecule has 1 aliphatic rings. The maximum absolute atomic E-state index is 3.74. The van der Waals surface area contributed by atoms with Crippen molar-refractivity contribution >= 4 is 5.69 Å². The average molecular weight is 251 g/mol. The molecule has 0 radical (unpaired) electrons. The first-order chi connectivity index (χ1) is 9.00. The molecule has 2 aromatic rings. The highest BCUT2D eigenvalue weighted by Gasteiger charge is 2.40. The minimum atomic E-state index is 0.119. The Morgan fingerprint density at radius 2 is 1.68 bits per heavy atom. The molecule has 1 aliphatic heterocycles. The summed E-state index contributed by atoms with van der Waals surface area (Å²) in [5.41, 5.74) is 6.94. The second-order valence-electron chi connectivity index (χ2n) is 6.21. The smallest absolute Gasteiger partial charge is 0.0606 e. The lowest BCUT2D eigenvalue weighted by Gasteiger charge is -2.28. The van der Waals surface area contributed by atoms with Crippen LogP contribution in [0.15, 0.2) is 42.5 Å². The summed E-state index contributed by atoms with van der Waals surface area (Å²) < 4.78 is 0. The van der Waals surface area contributed by atoms with Gasteiger partial charge < -0.3 is 5.32 Å². The van der Waals surface area contributed by atoms with Crippen LogP contribution in [0.25, 0.3) is 0 Å². The zero-order valence-corrected chi connectivity index (χ0v) is 12.1. The molecular formula is C18H21N. The number of anilines is 1. The molecule has 0 saturated heterocycles. The predicted octanol–water partition coefficient (Wildman–Crippen LogP) is 4.75. The largest absolute Gasteiger partial charge is 0.377 e. The Kier molecular flexibility index (Phi) is 2.67. The molecule has 0 spiro atoms. The predicted molar refractivity (Wildman–Crippen MR) is 81.7 cm³/mol. The van der Waals surface area contributed by atoms with Gasteiger partial charge in [-0.2, -0.15) is 0 Å². The summed E-state index contributed by atoms with van der Waals surface area (Å²) in [6.07, 6.45) is 0. The van der Waals surface area contributed by atoms with E-state index in [1.54, 1.807) is 0 Å². The van der Waals surface area contributed by atoms with E-state index < -0.39 is 0 Å². The van der Waals surface area contributed by atoms with Crippen LogP contribution in [0.1, 0.15) is 42.1 Å². The Morgan fingerprint density at radius 3 is 2.37 bits per heavy atom. The third kappa shape index (κ3) is 1.85. The molecule has 0 aromatic heterocycles. The van der Waals surface area contributed by atoms with E-state index in [0.717, 1.165) is 0 Å². The lowest BCUT2D eigenvalue weighted by atomic mass is 9.77. The summed E-state index contributed by atoms with van der Waals surface area (Å²) >= 11 is 0. The number of nitrogens with one attached hydrogen (secondary N) is 1. The fraction of sp³-hybridized carbons (Fsp3) is 0.333. The van der Waals surface area contributed by atoms with Crippen molar-refractivity contribution in [1.29, 1.82) is 0 Å². The Labute approximate surface area is 115 Å². The first kappa shape index (κ1) is 12.3. The van der Waals surface area contributed by atoms with E-state index >= 15 is 0 Å². The van der Waals surface area contributed by atoms with Gasteiger partial charge in [0.1, 0.15) is 0 Å². The van der Waals surface area contributed by atoms with Gasteiger partial charge in [-0.25, -0.2) is 0 Å². The molecule has 0 saturated carbocycles. The molecule has 3 rings (SSSR count). The van der Waals surface area contributed by atoms with Crippen LogP contribution >= 0.6 is 0 Å². The normalized spacial score (nSPS) is 19.9. The van der Waals surface area contributed by atoms with E-state index in [9.17, 15) is 0 Å². The molecule has 1 heteroatoms. The number of rotatable bonds is 1. The van der Waals surface area contributed by atoms with Crippen LogP contribution in [0.5, 0.6) is 0 Å². The van der Waals surface area contributed by atoms with Crippen molar-refractivity contribution in [3.63, 3.8) is 0 Å². The zero-order chi connectivity index (χ0) is 13.6. The molecule has 98 valence electrons. The average Bonchev–Trinajstić information content (AvgIpc) is 2.63. The quantitative estimate of drug-likeness (QED) is 0.771. The van der Waals surface area contributed by atoms with Crippen molar-refractivity contribution in [1.82, 2.24) is 0 Å². The molecule has 2 aromatic carbocycles. The molecule has 19 heavy (non-hydrogen) atoms. The van der Waals surface area contributed by atoms with Crippen LogP contribution in [0, 0.1) is 13.8 Å². The van der Waals surface area contributed by atoms with Crippen LogP contribution in [-0.4, -0.2) is 0 Å². The van der Waals surface area contributed by atoms with Crippen molar-refractivity contribution in [2.75, 3.05) is 5.32 Å². The minimum absolute atomic E-state index is 0.119. The SMILES string of the molecule is Cc1cc(C)c2c(c1)C(C)(C)[C@H](c1ccccc1)N2. The Hall–Kier alpha value is -1.76. The van der Waals surface area contributed by atoms with Gasteiger partial charge in [-0.1, -0.05) is 61.9 Å². The lowest BCUT2D eigenvalue weighted by molar-refractivity contribution is 0.474. The highest BCUT2D eigenvalue weighted by molar-refractivity contribution is 5.68. The van der Waals surface area contributed by atoms with E-state index in [1.807, 2.05) is 0 Å². The second kappa shape index (κ2) is 4.12. The first-order valence-corrected chi connectivity index (χ1v) is 6.93. The summed E-state index contributed by atoms with van der Waals surface area (Å²) in [6.45, 7) is 9.05. The standard InChI is InChI=1S/C18H21N/c1-12-10-13(2)16-15(11-12)18(3,4)17(19-16)14-8-6-5-7-9-14/h5-11,17,19H,1-4H3/t17-/m0/s1. The third-order valence-electron chi connectivity index (χ3n) is 4.32. The Balaban J connectivity index is 2.13. The van der Waals surface area contributed by atoms with Gasteiger partial charge in [-0.15, -0.1) is 0 Å². The number of hydrogen-bond acceptors (Lipinski definition) is 1.